The number of carbonyl (C=O) groups excluding carboxylic acids is 1. The Hall–Kier alpha value is -1.33. The molecular weight excluding hydrogens is 276 g/mol. The van der Waals surface area contributed by atoms with E-state index in [1.807, 2.05) is 11.0 Å². The maximum atomic E-state index is 12.3. The first-order chi connectivity index (χ1) is 9.75. The lowest BCUT2D eigenvalue weighted by Crippen LogP contribution is -2.53. The minimum absolute atomic E-state index is 0.0334. The molecule has 3 rings (SSSR count). The van der Waals surface area contributed by atoms with Crippen molar-refractivity contribution in [3.8, 4) is 0 Å². The number of nitrogens with one attached hydrogen (secondary N) is 1. The summed E-state index contributed by atoms with van der Waals surface area (Å²) in [5, 5.41) is 3.94. The Morgan fingerprint density at radius 1 is 1.35 bits per heavy atom. The summed E-state index contributed by atoms with van der Waals surface area (Å²) in [6.07, 6.45) is 5.48. The molecule has 108 valence electrons. The van der Waals surface area contributed by atoms with Crippen LogP contribution in [0.25, 0.3) is 0 Å². The van der Waals surface area contributed by atoms with Crippen molar-refractivity contribution < 1.29 is 4.79 Å². The molecule has 3 heterocycles. The number of hydrogen-bond acceptors (Lipinski definition) is 4. The highest BCUT2D eigenvalue weighted by atomic mass is 35.5. The van der Waals surface area contributed by atoms with Crippen molar-refractivity contribution in [2.45, 2.75) is 18.9 Å². The largest absolute Gasteiger partial charge is 0.367 e. The molecule has 0 aromatic carbocycles. The number of piperazine rings is 1. The molecule has 0 bridgehead atoms. The lowest BCUT2D eigenvalue weighted by atomic mass is 10.2. The molecule has 0 aliphatic carbocycles. The van der Waals surface area contributed by atoms with Crippen LogP contribution in [0.4, 0.5) is 5.69 Å². The summed E-state index contributed by atoms with van der Waals surface area (Å²) >= 11 is 6.17. The number of pyridine rings is 1. The second kappa shape index (κ2) is 5.97. The first-order valence-corrected chi connectivity index (χ1v) is 7.50. The molecule has 5 nitrogen and oxygen atoms in total. The summed E-state index contributed by atoms with van der Waals surface area (Å²) in [7, 11) is 0. The van der Waals surface area contributed by atoms with Crippen LogP contribution in [0.5, 0.6) is 0 Å². The summed E-state index contributed by atoms with van der Waals surface area (Å²) in [6.45, 7) is 4.12. The number of carbonyl (C=O) groups is 1. The van der Waals surface area contributed by atoms with Crippen molar-refractivity contribution in [1.29, 1.82) is 0 Å². The molecule has 2 saturated heterocycles. The van der Waals surface area contributed by atoms with Crippen LogP contribution in [0.1, 0.15) is 12.8 Å². The van der Waals surface area contributed by atoms with E-state index < -0.39 is 0 Å². The molecule has 0 radical (unpaired) electrons. The van der Waals surface area contributed by atoms with Gasteiger partial charge in [-0.05, 0) is 25.5 Å². The average Bonchev–Trinajstić information content (AvgIpc) is 3.01. The molecule has 1 amide bonds. The van der Waals surface area contributed by atoms with Gasteiger partial charge in [-0.15, -0.1) is 0 Å². The van der Waals surface area contributed by atoms with E-state index in [4.69, 9.17) is 11.6 Å². The van der Waals surface area contributed by atoms with Gasteiger partial charge in [-0.25, -0.2) is 0 Å². The quantitative estimate of drug-likeness (QED) is 0.888. The van der Waals surface area contributed by atoms with E-state index in [9.17, 15) is 4.79 Å². The third-order valence-corrected chi connectivity index (χ3v) is 4.33. The highest BCUT2D eigenvalue weighted by molar-refractivity contribution is 6.33. The maximum absolute atomic E-state index is 12.3. The van der Waals surface area contributed by atoms with Crippen LogP contribution < -0.4 is 10.2 Å². The Morgan fingerprint density at radius 2 is 2.15 bits per heavy atom. The highest BCUT2D eigenvalue weighted by Crippen LogP contribution is 2.25. The van der Waals surface area contributed by atoms with Crippen molar-refractivity contribution >= 4 is 23.2 Å². The summed E-state index contributed by atoms with van der Waals surface area (Å²) in [4.78, 5) is 20.5. The minimum Gasteiger partial charge on any atom is -0.367 e. The monoisotopic (exact) mass is 294 g/mol. The standard InChI is InChI=1S/C14H19ClN4O/c15-11-10-16-5-3-13(11)18-6-8-19(9-7-18)14(20)12-2-1-4-17-12/h3,5,10,12,17H,1-2,4,6-9H2. The summed E-state index contributed by atoms with van der Waals surface area (Å²) < 4.78 is 0. The van der Waals surface area contributed by atoms with Gasteiger partial charge in [-0.1, -0.05) is 11.6 Å². The fraction of sp³-hybridized carbons (Fsp3) is 0.571. The first kappa shape index (κ1) is 13.6. The van der Waals surface area contributed by atoms with Gasteiger partial charge in [0.1, 0.15) is 0 Å². The van der Waals surface area contributed by atoms with Gasteiger partial charge in [0.05, 0.1) is 16.8 Å². The van der Waals surface area contributed by atoms with Gasteiger partial charge < -0.3 is 15.1 Å². The molecule has 6 heteroatoms. The Balaban J connectivity index is 1.59. The molecule has 20 heavy (non-hydrogen) atoms. The minimum atomic E-state index is 0.0334. The van der Waals surface area contributed by atoms with Gasteiger partial charge in [0.15, 0.2) is 0 Å². The number of rotatable bonds is 2. The molecule has 1 aromatic heterocycles. The zero-order valence-electron chi connectivity index (χ0n) is 11.4. The van der Waals surface area contributed by atoms with Gasteiger partial charge >= 0.3 is 0 Å². The van der Waals surface area contributed by atoms with Crippen molar-refractivity contribution in [2.75, 3.05) is 37.6 Å². The number of hydrogen-bond donors (Lipinski definition) is 1. The smallest absolute Gasteiger partial charge is 0.239 e. The Labute approximate surface area is 123 Å². The number of amides is 1. The van der Waals surface area contributed by atoms with Crippen LogP contribution in [0.15, 0.2) is 18.5 Å². The second-order valence-electron chi connectivity index (χ2n) is 5.29. The van der Waals surface area contributed by atoms with Crippen LogP contribution in [0, 0.1) is 0 Å². The Bertz CT molecular complexity index is 482. The number of halogens is 1. The van der Waals surface area contributed by atoms with Crippen molar-refractivity contribution in [2.24, 2.45) is 0 Å². The number of aromatic nitrogens is 1. The van der Waals surface area contributed by atoms with Crippen molar-refractivity contribution in [3.05, 3.63) is 23.5 Å². The second-order valence-corrected chi connectivity index (χ2v) is 5.70. The van der Waals surface area contributed by atoms with Crippen molar-refractivity contribution in [1.82, 2.24) is 15.2 Å². The van der Waals surface area contributed by atoms with E-state index in [1.165, 1.54) is 0 Å². The van der Waals surface area contributed by atoms with Crippen LogP contribution in [0.2, 0.25) is 5.02 Å². The van der Waals surface area contributed by atoms with Gasteiger partial charge in [-0.2, -0.15) is 0 Å². The molecule has 0 spiro atoms. The van der Waals surface area contributed by atoms with Crippen LogP contribution in [-0.2, 0) is 4.79 Å². The predicted octanol–water partition coefficient (Wildman–Crippen LogP) is 1.14. The molecule has 1 N–H and O–H groups in total. The maximum Gasteiger partial charge on any atom is 0.239 e. The SMILES string of the molecule is O=C(C1CCCN1)N1CCN(c2ccncc2Cl)CC1. The lowest BCUT2D eigenvalue weighted by molar-refractivity contribution is -0.133. The van der Waals surface area contributed by atoms with E-state index in [2.05, 4.69) is 15.2 Å². The molecular formula is C14H19ClN4O. The van der Waals surface area contributed by atoms with Crippen LogP contribution >= 0.6 is 11.6 Å². The number of anilines is 1. The molecule has 2 aliphatic rings. The van der Waals surface area contributed by atoms with Gasteiger partial charge in [0.25, 0.3) is 0 Å². The van der Waals surface area contributed by atoms with Gasteiger partial charge in [0.2, 0.25) is 5.91 Å². The molecule has 2 fully saturated rings. The van der Waals surface area contributed by atoms with E-state index in [1.54, 1.807) is 12.4 Å². The van der Waals surface area contributed by atoms with Crippen molar-refractivity contribution in [3.63, 3.8) is 0 Å². The third kappa shape index (κ3) is 2.74. The topological polar surface area (TPSA) is 48.5 Å². The first-order valence-electron chi connectivity index (χ1n) is 7.12. The average molecular weight is 295 g/mol. The normalized spacial score (nSPS) is 23.1. The zero-order chi connectivity index (χ0) is 13.9. The predicted molar refractivity (Wildman–Crippen MR) is 79.1 cm³/mol. The molecule has 1 aromatic rings. The van der Waals surface area contributed by atoms with Gasteiger partial charge in [0, 0.05) is 38.6 Å². The van der Waals surface area contributed by atoms with E-state index in [0.29, 0.717) is 5.02 Å². The fourth-order valence-corrected chi connectivity index (χ4v) is 3.15. The van der Waals surface area contributed by atoms with E-state index in [0.717, 1.165) is 51.3 Å². The van der Waals surface area contributed by atoms with E-state index in [-0.39, 0.29) is 11.9 Å². The summed E-state index contributed by atoms with van der Waals surface area (Å²) in [5.41, 5.74) is 1.01. The Kier molecular flexibility index (Phi) is 4.08. The third-order valence-electron chi connectivity index (χ3n) is 4.04. The molecule has 1 atom stereocenters. The highest BCUT2D eigenvalue weighted by Gasteiger charge is 2.29. The Morgan fingerprint density at radius 3 is 2.80 bits per heavy atom. The number of nitrogens with zero attached hydrogens (tertiary/aromatic N) is 3. The van der Waals surface area contributed by atoms with Crippen LogP contribution in [0.3, 0.4) is 0 Å². The lowest BCUT2D eigenvalue weighted by Gasteiger charge is -2.37. The van der Waals surface area contributed by atoms with E-state index >= 15 is 0 Å². The molecule has 1 unspecified atom stereocenters. The fourth-order valence-electron chi connectivity index (χ4n) is 2.91. The summed E-state index contributed by atoms with van der Waals surface area (Å²) in [6, 6.07) is 1.96. The van der Waals surface area contributed by atoms with Gasteiger partial charge in [-0.3, -0.25) is 9.78 Å². The van der Waals surface area contributed by atoms with Crippen LogP contribution in [-0.4, -0.2) is 54.6 Å². The molecule has 2 aliphatic heterocycles. The zero-order valence-corrected chi connectivity index (χ0v) is 12.1. The molecule has 0 saturated carbocycles. The summed E-state index contributed by atoms with van der Waals surface area (Å²) in [5.74, 6) is 0.253.